The first-order valence-corrected chi connectivity index (χ1v) is 5.55. The summed E-state index contributed by atoms with van der Waals surface area (Å²) in [6, 6.07) is 9.93. The molecule has 1 aromatic carbocycles. The number of rotatable bonds is 1. The molecule has 1 N–H and O–H groups in total. The van der Waals surface area contributed by atoms with Crippen molar-refractivity contribution in [3.8, 4) is 11.8 Å². The van der Waals surface area contributed by atoms with E-state index in [0.29, 0.717) is 6.42 Å². The average Bonchev–Trinajstić information content (AvgIpc) is 2.67. The van der Waals surface area contributed by atoms with Gasteiger partial charge in [0.2, 0.25) is 0 Å². The van der Waals surface area contributed by atoms with Gasteiger partial charge in [-0.2, -0.15) is 0 Å². The van der Waals surface area contributed by atoms with E-state index in [1.807, 2.05) is 30.3 Å². The lowest BCUT2D eigenvalue weighted by atomic mass is 9.98. The second-order valence-corrected chi connectivity index (χ2v) is 4.28. The Kier molecular flexibility index (Phi) is 3.08. The number of hydrogen-bond donors (Lipinski definition) is 1. The zero-order chi connectivity index (χ0) is 10.6. The van der Waals surface area contributed by atoms with Crippen molar-refractivity contribution in [2.45, 2.75) is 37.7 Å². The molecular formula is C14H16O. The molecule has 1 nitrogen and oxygen atoms in total. The molecule has 1 aliphatic carbocycles. The molecule has 0 bridgehead atoms. The predicted molar refractivity (Wildman–Crippen MR) is 61.4 cm³/mol. The van der Waals surface area contributed by atoms with E-state index in [4.69, 9.17) is 0 Å². The Labute approximate surface area is 91.1 Å². The molecule has 2 rings (SSSR count). The molecule has 15 heavy (non-hydrogen) atoms. The molecule has 0 radical (unpaired) electrons. The molecule has 0 heterocycles. The Balaban J connectivity index is 1.96. The van der Waals surface area contributed by atoms with E-state index >= 15 is 0 Å². The van der Waals surface area contributed by atoms with Crippen LogP contribution in [0.4, 0.5) is 0 Å². The van der Waals surface area contributed by atoms with E-state index in [9.17, 15) is 5.11 Å². The van der Waals surface area contributed by atoms with Gasteiger partial charge in [0.05, 0.1) is 5.60 Å². The van der Waals surface area contributed by atoms with Crippen LogP contribution in [-0.4, -0.2) is 10.7 Å². The van der Waals surface area contributed by atoms with Crippen LogP contribution in [0.15, 0.2) is 30.3 Å². The van der Waals surface area contributed by atoms with Crippen molar-refractivity contribution in [1.82, 2.24) is 0 Å². The summed E-state index contributed by atoms with van der Waals surface area (Å²) in [5.74, 6) is 6.17. The Morgan fingerprint density at radius 2 is 1.80 bits per heavy atom. The highest BCUT2D eigenvalue weighted by atomic mass is 16.3. The molecule has 0 spiro atoms. The summed E-state index contributed by atoms with van der Waals surface area (Å²) in [4.78, 5) is 0. The molecule has 0 amide bonds. The van der Waals surface area contributed by atoms with E-state index in [1.54, 1.807) is 0 Å². The largest absolute Gasteiger partial charge is 0.389 e. The Morgan fingerprint density at radius 1 is 1.13 bits per heavy atom. The first-order chi connectivity index (χ1) is 7.29. The summed E-state index contributed by atoms with van der Waals surface area (Å²) in [6.45, 7) is 0. The lowest BCUT2D eigenvalue weighted by Gasteiger charge is -2.17. The van der Waals surface area contributed by atoms with Crippen LogP contribution in [0, 0.1) is 11.8 Å². The molecule has 1 heteroatoms. The summed E-state index contributed by atoms with van der Waals surface area (Å²) in [7, 11) is 0. The van der Waals surface area contributed by atoms with Gasteiger partial charge in [-0.3, -0.25) is 0 Å². The van der Waals surface area contributed by atoms with Crippen molar-refractivity contribution in [2.24, 2.45) is 0 Å². The summed E-state index contributed by atoms with van der Waals surface area (Å²) >= 11 is 0. The van der Waals surface area contributed by atoms with E-state index in [1.165, 1.54) is 0 Å². The second kappa shape index (κ2) is 4.51. The molecule has 78 valence electrons. The molecule has 0 aromatic heterocycles. The smallest absolute Gasteiger partial charge is 0.0756 e. The van der Waals surface area contributed by atoms with Crippen molar-refractivity contribution in [2.75, 3.05) is 0 Å². The maximum absolute atomic E-state index is 10.1. The SMILES string of the molecule is OC1(CC#Cc2ccccc2)CCCC1. The summed E-state index contributed by atoms with van der Waals surface area (Å²) in [5.41, 5.74) is 0.529. The molecule has 0 unspecified atom stereocenters. The number of benzene rings is 1. The van der Waals surface area contributed by atoms with Crippen molar-refractivity contribution in [3.05, 3.63) is 35.9 Å². The quantitative estimate of drug-likeness (QED) is 0.691. The Bertz CT molecular complexity index is 363. The molecule has 1 aromatic rings. The first-order valence-electron chi connectivity index (χ1n) is 5.55. The van der Waals surface area contributed by atoms with Gasteiger partial charge in [0.15, 0.2) is 0 Å². The van der Waals surface area contributed by atoms with E-state index in [-0.39, 0.29) is 0 Å². The Hall–Kier alpha value is -1.26. The average molecular weight is 200 g/mol. The molecule has 1 fully saturated rings. The maximum atomic E-state index is 10.1. The summed E-state index contributed by atoms with van der Waals surface area (Å²) in [5, 5.41) is 10.1. The van der Waals surface area contributed by atoms with Crippen LogP contribution >= 0.6 is 0 Å². The van der Waals surface area contributed by atoms with Crippen molar-refractivity contribution in [1.29, 1.82) is 0 Å². The standard InChI is InChI=1S/C14H16O/c15-14(10-4-5-11-14)12-6-9-13-7-2-1-3-8-13/h1-3,7-8,15H,4-5,10-12H2. The monoisotopic (exact) mass is 200 g/mol. The lowest BCUT2D eigenvalue weighted by molar-refractivity contribution is 0.0532. The van der Waals surface area contributed by atoms with Crippen LogP contribution in [-0.2, 0) is 0 Å². The van der Waals surface area contributed by atoms with Gasteiger partial charge in [0, 0.05) is 12.0 Å². The molecule has 0 aliphatic heterocycles. The number of hydrogen-bond acceptors (Lipinski definition) is 1. The number of aliphatic hydroxyl groups is 1. The Morgan fingerprint density at radius 3 is 2.47 bits per heavy atom. The minimum atomic E-state index is -0.498. The highest BCUT2D eigenvalue weighted by molar-refractivity contribution is 5.33. The summed E-state index contributed by atoms with van der Waals surface area (Å²) in [6.07, 6.45) is 4.72. The van der Waals surface area contributed by atoms with E-state index < -0.39 is 5.60 Å². The van der Waals surface area contributed by atoms with Crippen molar-refractivity contribution in [3.63, 3.8) is 0 Å². The van der Waals surface area contributed by atoms with E-state index in [0.717, 1.165) is 31.2 Å². The molecule has 1 aliphatic rings. The third-order valence-electron chi connectivity index (χ3n) is 2.96. The van der Waals surface area contributed by atoms with Crippen LogP contribution in [0.2, 0.25) is 0 Å². The normalized spacial score (nSPS) is 18.2. The predicted octanol–water partition coefficient (Wildman–Crippen LogP) is 2.73. The van der Waals surface area contributed by atoms with Crippen LogP contribution < -0.4 is 0 Å². The lowest BCUT2D eigenvalue weighted by Crippen LogP contribution is -2.22. The highest BCUT2D eigenvalue weighted by Crippen LogP contribution is 2.31. The van der Waals surface area contributed by atoms with Crippen molar-refractivity contribution >= 4 is 0 Å². The molecule has 1 saturated carbocycles. The van der Waals surface area contributed by atoms with Crippen LogP contribution in [0.3, 0.4) is 0 Å². The molecular weight excluding hydrogens is 184 g/mol. The first kappa shape index (κ1) is 10.3. The second-order valence-electron chi connectivity index (χ2n) is 4.28. The van der Waals surface area contributed by atoms with Gasteiger partial charge in [-0.05, 0) is 25.0 Å². The zero-order valence-electron chi connectivity index (χ0n) is 8.87. The minimum Gasteiger partial charge on any atom is -0.389 e. The van der Waals surface area contributed by atoms with E-state index in [2.05, 4.69) is 11.8 Å². The topological polar surface area (TPSA) is 20.2 Å². The van der Waals surface area contributed by atoms with Crippen LogP contribution in [0.1, 0.15) is 37.7 Å². The van der Waals surface area contributed by atoms with Gasteiger partial charge in [0.1, 0.15) is 0 Å². The third kappa shape index (κ3) is 2.84. The van der Waals surface area contributed by atoms with Gasteiger partial charge < -0.3 is 5.11 Å². The van der Waals surface area contributed by atoms with Crippen molar-refractivity contribution < 1.29 is 5.11 Å². The maximum Gasteiger partial charge on any atom is 0.0756 e. The third-order valence-corrected chi connectivity index (χ3v) is 2.96. The fraction of sp³-hybridized carbons (Fsp3) is 0.429. The van der Waals surface area contributed by atoms with Gasteiger partial charge in [-0.1, -0.05) is 42.9 Å². The van der Waals surface area contributed by atoms with Gasteiger partial charge >= 0.3 is 0 Å². The fourth-order valence-electron chi connectivity index (χ4n) is 2.04. The van der Waals surface area contributed by atoms with Gasteiger partial charge in [0.25, 0.3) is 0 Å². The van der Waals surface area contributed by atoms with Crippen LogP contribution in [0.5, 0.6) is 0 Å². The minimum absolute atomic E-state index is 0.498. The highest BCUT2D eigenvalue weighted by Gasteiger charge is 2.29. The fourth-order valence-corrected chi connectivity index (χ4v) is 2.04. The molecule has 0 saturated heterocycles. The zero-order valence-corrected chi connectivity index (χ0v) is 8.87. The molecule has 0 atom stereocenters. The van der Waals surface area contributed by atoms with Gasteiger partial charge in [-0.15, -0.1) is 0 Å². The van der Waals surface area contributed by atoms with Crippen LogP contribution in [0.25, 0.3) is 0 Å². The van der Waals surface area contributed by atoms with Gasteiger partial charge in [-0.25, -0.2) is 0 Å². The summed E-state index contributed by atoms with van der Waals surface area (Å²) < 4.78 is 0.